The van der Waals surface area contributed by atoms with Crippen molar-refractivity contribution in [2.45, 2.75) is 12.3 Å². The molecule has 0 spiro atoms. The molecule has 6 heteroatoms. The lowest BCUT2D eigenvalue weighted by Crippen LogP contribution is -2.20. The third-order valence-electron chi connectivity index (χ3n) is 3.44. The van der Waals surface area contributed by atoms with Gasteiger partial charge in [-0.2, -0.15) is 0 Å². The van der Waals surface area contributed by atoms with Crippen molar-refractivity contribution >= 4 is 27.5 Å². The molecule has 0 bridgehead atoms. The molecule has 1 aliphatic carbocycles. The van der Waals surface area contributed by atoms with Crippen LogP contribution in [0.2, 0.25) is 0 Å². The summed E-state index contributed by atoms with van der Waals surface area (Å²) in [5.74, 6) is 0.918. The van der Waals surface area contributed by atoms with Crippen molar-refractivity contribution in [1.29, 1.82) is 0 Å². The van der Waals surface area contributed by atoms with Crippen molar-refractivity contribution in [1.82, 2.24) is 4.57 Å². The minimum atomic E-state index is -0.136. The monoisotopic (exact) mass is 336 g/mol. The third kappa shape index (κ3) is 2.43. The normalized spacial score (nSPS) is 20.7. The summed E-state index contributed by atoms with van der Waals surface area (Å²) in [6, 6.07) is 5.33. The Morgan fingerprint density at radius 1 is 1.55 bits per heavy atom. The molecule has 1 saturated carbocycles. The van der Waals surface area contributed by atoms with Gasteiger partial charge in [-0.3, -0.25) is 9.59 Å². The van der Waals surface area contributed by atoms with Gasteiger partial charge in [-0.15, -0.1) is 0 Å². The molecule has 2 aromatic heterocycles. The maximum Gasteiger partial charge on any atom is 0.264 e. The zero-order chi connectivity index (χ0) is 14.3. The summed E-state index contributed by atoms with van der Waals surface area (Å²) in [4.78, 5) is 23.7. The first kappa shape index (κ1) is 13.2. The van der Waals surface area contributed by atoms with Crippen molar-refractivity contribution < 1.29 is 9.21 Å². The number of amides is 1. The van der Waals surface area contributed by atoms with E-state index in [2.05, 4.69) is 21.2 Å². The largest absolute Gasteiger partial charge is 0.469 e. The van der Waals surface area contributed by atoms with Gasteiger partial charge in [0.1, 0.15) is 5.76 Å². The van der Waals surface area contributed by atoms with Gasteiger partial charge in [0.2, 0.25) is 5.91 Å². The number of hydrogen-bond acceptors (Lipinski definition) is 3. The fraction of sp³-hybridized carbons (Fsp3) is 0.286. The lowest BCUT2D eigenvalue weighted by molar-refractivity contribution is -0.117. The van der Waals surface area contributed by atoms with E-state index >= 15 is 0 Å². The Kier molecular flexibility index (Phi) is 3.25. The Hall–Kier alpha value is -1.82. The molecular formula is C14H13BrN2O3. The minimum Gasteiger partial charge on any atom is -0.469 e. The molecule has 3 rings (SSSR count). The molecule has 0 aliphatic heterocycles. The number of carbonyl (C=O) groups is 1. The molecule has 0 unspecified atom stereocenters. The van der Waals surface area contributed by atoms with Crippen molar-refractivity contribution in [3.8, 4) is 0 Å². The molecule has 1 amide bonds. The Bertz CT molecular complexity index is 679. The van der Waals surface area contributed by atoms with Gasteiger partial charge >= 0.3 is 0 Å². The lowest BCUT2D eigenvalue weighted by Gasteiger charge is -2.07. The van der Waals surface area contributed by atoms with Crippen LogP contribution in [0.3, 0.4) is 0 Å². The van der Waals surface area contributed by atoms with E-state index in [4.69, 9.17) is 4.42 Å². The molecule has 1 aliphatic rings. The first-order chi connectivity index (χ1) is 9.56. The number of furan rings is 1. The molecule has 2 atom stereocenters. The number of nitrogens with zero attached hydrogens (tertiary/aromatic N) is 1. The second-order valence-corrected chi connectivity index (χ2v) is 5.80. The number of hydrogen-bond donors (Lipinski definition) is 1. The maximum absolute atomic E-state index is 12.1. The topological polar surface area (TPSA) is 64.2 Å². The Morgan fingerprint density at radius 2 is 2.35 bits per heavy atom. The maximum atomic E-state index is 12.1. The predicted molar refractivity (Wildman–Crippen MR) is 77.6 cm³/mol. The van der Waals surface area contributed by atoms with Crippen LogP contribution >= 0.6 is 15.9 Å². The second-order valence-electron chi connectivity index (χ2n) is 4.95. The van der Waals surface area contributed by atoms with Crippen LogP contribution in [0.25, 0.3) is 0 Å². The zero-order valence-corrected chi connectivity index (χ0v) is 12.4. The highest BCUT2D eigenvalue weighted by Gasteiger charge is 2.45. The molecule has 5 nitrogen and oxygen atoms in total. The summed E-state index contributed by atoms with van der Waals surface area (Å²) in [7, 11) is 1.64. The quantitative estimate of drug-likeness (QED) is 0.936. The highest BCUT2D eigenvalue weighted by atomic mass is 79.9. The summed E-state index contributed by atoms with van der Waals surface area (Å²) < 4.78 is 7.16. The second kappa shape index (κ2) is 4.94. The lowest BCUT2D eigenvalue weighted by atomic mass is 10.2. The van der Waals surface area contributed by atoms with E-state index in [1.165, 1.54) is 4.57 Å². The highest BCUT2D eigenvalue weighted by Crippen LogP contribution is 2.48. The number of anilines is 1. The van der Waals surface area contributed by atoms with Gasteiger partial charge in [-0.05, 0) is 40.5 Å². The first-order valence-corrected chi connectivity index (χ1v) is 7.06. The number of rotatable bonds is 3. The average Bonchev–Trinajstić information content (AvgIpc) is 3.02. The molecule has 20 heavy (non-hydrogen) atoms. The molecule has 0 aromatic carbocycles. The van der Waals surface area contributed by atoms with Crippen LogP contribution in [-0.2, 0) is 11.8 Å². The van der Waals surface area contributed by atoms with Gasteiger partial charge in [0.05, 0.1) is 16.4 Å². The van der Waals surface area contributed by atoms with E-state index in [1.807, 2.05) is 12.1 Å². The summed E-state index contributed by atoms with van der Waals surface area (Å²) in [5.41, 5.74) is 0.469. The molecule has 0 radical (unpaired) electrons. The minimum absolute atomic E-state index is 0.0445. The molecule has 0 saturated heterocycles. The number of halogens is 1. The van der Waals surface area contributed by atoms with E-state index in [0.29, 0.717) is 10.2 Å². The van der Waals surface area contributed by atoms with E-state index < -0.39 is 0 Å². The molecule has 2 heterocycles. The Labute approximate surface area is 123 Å². The van der Waals surface area contributed by atoms with Crippen molar-refractivity contribution in [2.75, 3.05) is 5.32 Å². The molecule has 1 N–H and O–H groups in total. The van der Waals surface area contributed by atoms with Crippen LogP contribution in [0.1, 0.15) is 18.1 Å². The number of aromatic nitrogens is 1. The van der Waals surface area contributed by atoms with Crippen LogP contribution in [0.4, 0.5) is 5.69 Å². The summed E-state index contributed by atoms with van der Waals surface area (Å²) in [6.45, 7) is 0. The molecule has 1 fully saturated rings. The molecule has 104 valence electrons. The van der Waals surface area contributed by atoms with Crippen molar-refractivity contribution in [2.24, 2.45) is 13.0 Å². The van der Waals surface area contributed by atoms with Gasteiger partial charge in [-0.25, -0.2) is 0 Å². The summed E-state index contributed by atoms with van der Waals surface area (Å²) >= 11 is 3.18. The van der Waals surface area contributed by atoms with Crippen LogP contribution in [-0.4, -0.2) is 10.5 Å². The van der Waals surface area contributed by atoms with E-state index in [0.717, 1.165) is 12.2 Å². The summed E-state index contributed by atoms with van der Waals surface area (Å²) in [5, 5.41) is 2.83. The molecular weight excluding hydrogens is 324 g/mol. The van der Waals surface area contributed by atoms with Crippen molar-refractivity contribution in [3.63, 3.8) is 0 Å². The number of carbonyl (C=O) groups excluding carboxylic acids is 1. The van der Waals surface area contributed by atoms with Crippen LogP contribution in [0, 0.1) is 5.92 Å². The predicted octanol–water partition coefficient (Wildman–Crippen LogP) is 2.48. The van der Waals surface area contributed by atoms with Gasteiger partial charge in [0, 0.05) is 25.1 Å². The van der Waals surface area contributed by atoms with Gasteiger partial charge in [-0.1, -0.05) is 0 Å². The Balaban J connectivity index is 1.70. The fourth-order valence-electron chi connectivity index (χ4n) is 2.28. The smallest absolute Gasteiger partial charge is 0.264 e. The van der Waals surface area contributed by atoms with E-state index in [1.54, 1.807) is 25.6 Å². The Morgan fingerprint density at radius 3 is 3.00 bits per heavy atom. The van der Waals surface area contributed by atoms with Gasteiger partial charge in [0.25, 0.3) is 5.56 Å². The summed E-state index contributed by atoms with van der Waals surface area (Å²) in [6.07, 6.45) is 4.02. The number of pyridine rings is 1. The standard InChI is InChI=1S/C14H13BrN2O3/c1-17-7-8(5-11(15)14(17)19)16-13(18)10-6-9(10)12-3-2-4-20-12/h2-5,7,9-10H,6H2,1H3,(H,16,18)/t9-,10-/m0/s1. The number of nitrogens with one attached hydrogen (secondary N) is 1. The highest BCUT2D eigenvalue weighted by molar-refractivity contribution is 9.10. The SMILES string of the molecule is Cn1cc(NC(=O)[C@H]2C[C@@H]2c2ccco2)cc(Br)c1=O. The first-order valence-electron chi connectivity index (χ1n) is 6.26. The third-order valence-corrected chi connectivity index (χ3v) is 4.01. The zero-order valence-electron chi connectivity index (χ0n) is 10.8. The van der Waals surface area contributed by atoms with Crippen LogP contribution in [0.5, 0.6) is 0 Å². The van der Waals surface area contributed by atoms with Gasteiger partial charge < -0.3 is 14.3 Å². The van der Waals surface area contributed by atoms with Crippen LogP contribution < -0.4 is 10.9 Å². The van der Waals surface area contributed by atoms with E-state index in [-0.39, 0.29) is 23.3 Å². The van der Waals surface area contributed by atoms with Crippen LogP contribution in [0.15, 0.2) is 44.3 Å². The number of aryl methyl sites for hydroxylation is 1. The van der Waals surface area contributed by atoms with Gasteiger partial charge in [0.15, 0.2) is 0 Å². The van der Waals surface area contributed by atoms with E-state index in [9.17, 15) is 9.59 Å². The van der Waals surface area contributed by atoms with Crippen molar-refractivity contribution in [3.05, 3.63) is 51.2 Å². The average molecular weight is 337 g/mol. The fourth-order valence-corrected chi connectivity index (χ4v) is 2.80. The molecule has 2 aromatic rings.